The molecule has 1 aromatic rings. The predicted octanol–water partition coefficient (Wildman–Crippen LogP) is 1.45. The molecule has 0 spiro atoms. The van der Waals surface area contributed by atoms with Gasteiger partial charge in [0.15, 0.2) is 0 Å². The van der Waals surface area contributed by atoms with Crippen molar-refractivity contribution in [1.82, 2.24) is 9.88 Å². The van der Waals surface area contributed by atoms with Crippen LogP contribution in [-0.4, -0.2) is 36.1 Å². The molecule has 0 aromatic carbocycles. The Kier molecular flexibility index (Phi) is 4.71. The normalized spacial score (nSPS) is 10.7. The molecule has 0 atom stereocenters. The molecule has 0 aliphatic heterocycles. The van der Waals surface area contributed by atoms with Gasteiger partial charge in [0.2, 0.25) is 0 Å². The molecule has 15 heavy (non-hydrogen) atoms. The number of carbonyl (C=O) groups excluding carboxylic acids is 1. The number of likely N-dealkylation sites (N-methyl/N-ethyl adjacent to an activating group) is 1. The molecule has 1 heterocycles. The lowest BCUT2D eigenvalue weighted by Crippen LogP contribution is -2.30. The fourth-order valence-corrected chi connectivity index (χ4v) is 1.84. The second-order valence-corrected chi connectivity index (χ2v) is 4.30. The van der Waals surface area contributed by atoms with Gasteiger partial charge >= 0.3 is 5.97 Å². The summed E-state index contributed by atoms with van der Waals surface area (Å²) in [5, 5.41) is 3.08. The molecule has 1 aromatic heterocycles. The van der Waals surface area contributed by atoms with Crippen molar-refractivity contribution in [3.63, 3.8) is 0 Å². The van der Waals surface area contributed by atoms with Crippen LogP contribution < -0.4 is 0 Å². The number of hydrogen-bond donors (Lipinski definition) is 0. The highest BCUT2D eigenvalue weighted by Crippen LogP contribution is 2.10. The molecular formula is C10H16N2O2S. The number of nitrogens with zero attached hydrogens (tertiary/aromatic N) is 2. The number of esters is 1. The van der Waals surface area contributed by atoms with Crippen molar-refractivity contribution in [2.45, 2.75) is 20.4 Å². The second-order valence-electron chi connectivity index (χ2n) is 3.24. The predicted molar refractivity (Wildman–Crippen MR) is 59.8 cm³/mol. The molecule has 0 radical (unpaired) electrons. The highest BCUT2D eigenvalue weighted by atomic mass is 32.1. The zero-order valence-electron chi connectivity index (χ0n) is 9.32. The molecule has 0 saturated carbocycles. The standard InChI is InChI=1S/C10H16N2O2S/c1-4-12(6-10(13)14-3)5-9-7-15-8(2)11-9/h7H,4-6H2,1-3H3. The van der Waals surface area contributed by atoms with E-state index in [0.717, 1.165) is 17.2 Å². The number of hydrogen-bond acceptors (Lipinski definition) is 5. The van der Waals surface area contributed by atoms with Crippen molar-refractivity contribution in [3.8, 4) is 0 Å². The lowest BCUT2D eigenvalue weighted by atomic mass is 10.4. The Balaban J connectivity index is 2.50. The van der Waals surface area contributed by atoms with E-state index < -0.39 is 0 Å². The van der Waals surface area contributed by atoms with Gasteiger partial charge in [-0.3, -0.25) is 9.69 Å². The first kappa shape index (κ1) is 12.1. The van der Waals surface area contributed by atoms with Crippen LogP contribution in [0.2, 0.25) is 0 Å². The monoisotopic (exact) mass is 228 g/mol. The summed E-state index contributed by atoms with van der Waals surface area (Å²) in [4.78, 5) is 17.5. The summed E-state index contributed by atoms with van der Waals surface area (Å²) < 4.78 is 4.63. The van der Waals surface area contributed by atoms with Crippen LogP contribution in [0, 0.1) is 6.92 Å². The van der Waals surface area contributed by atoms with Crippen molar-refractivity contribution in [3.05, 3.63) is 16.1 Å². The minimum atomic E-state index is -0.205. The van der Waals surface area contributed by atoms with Gasteiger partial charge in [-0.2, -0.15) is 0 Å². The average molecular weight is 228 g/mol. The molecule has 0 bridgehead atoms. The maximum Gasteiger partial charge on any atom is 0.319 e. The number of rotatable bonds is 5. The molecule has 84 valence electrons. The fraction of sp³-hybridized carbons (Fsp3) is 0.600. The van der Waals surface area contributed by atoms with E-state index in [-0.39, 0.29) is 5.97 Å². The van der Waals surface area contributed by atoms with Gasteiger partial charge in [0.05, 0.1) is 24.4 Å². The van der Waals surface area contributed by atoms with Crippen molar-refractivity contribution in [2.24, 2.45) is 0 Å². The second kappa shape index (κ2) is 5.82. The lowest BCUT2D eigenvalue weighted by Gasteiger charge is -2.17. The molecule has 0 amide bonds. The first-order chi connectivity index (χ1) is 7.15. The van der Waals surface area contributed by atoms with E-state index in [0.29, 0.717) is 13.1 Å². The van der Waals surface area contributed by atoms with E-state index >= 15 is 0 Å². The average Bonchev–Trinajstić information content (AvgIpc) is 2.62. The Bertz CT molecular complexity index is 325. The zero-order chi connectivity index (χ0) is 11.3. The smallest absolute Gasteiger partial charge is 0.319 e. The molecule has 0 aliphatic carbocycles. The molecule has 0 N–H and O–H groups in total. The lowest BCUT2D eigenvalue weighted by molar-refractivity contribution is -0.142. The largest absolute Gasteiger partial charge is 0.468 e. The van der Waals surface area contributed by atoms with Crippen LogP contribution >= 0.6 is 11.3 Å². The number of carbonyl (C=O) groups is 1. The summed E-state index contributed by atoms with van der Waals surface area (Å²) in [6.45, 7) is 5.83. The first-order valence-electron chi connectivity index (χ1n) is 4.86. The summed E-state index contributed by atoms with van der Waals surface area (Å²) in [6.07, 6.45) is 0. The molecule has 5 heteroatoms. The van der Waals surface area contributed by atoms with Gasteiger partial charge in [0, 0.05) is 11.9 Å². The van der Waals surface area contributed by atoms with Crippen molar-refractivity contribution in [1.29, 1.82) is 0 Å². The van der Waals surface area contributed by atoms with Gasteiger partial charge in [0.25, 0.3) is 0 Å². The van der Waals surface area contributed by atoms with Crippen LogP contribution in [0.1, 0.15) is 17.6 Å². The Hall–Kier alpha value is -0.940. The third-order valence-electron chi connectivity index (χ3n) is 2.08. The Morgan fingerprint density at radius 2 is 2.40 bits per heavy atom. The number of methoxy groups -OCH3 is 1. The van der Waals surface area contributed by atoms with Crippen molar-refractivity contribution < 1.29 is 9.53 Å². The van der Waals surface area contributed by atoms with E-state index in [1.807, 2.05) is 24.1 Å². The zero-order valence-corrected chi connectivity index (χ0v) is 10.1. The Labute approximate surface area is 93.9 Å². The number of aromatic nitrogens is 1. The minimum Gasteiger partial charge on any atom is -0.468 e. The van der Waals surface area contributed by atoms with Crippen LogP contribution in [0.3, 0.4) is 0 Å². The topological polar surface area (TPSA) is 42.4 Å². The molecule has 0 fully saturated rings. The third kappa shape index (κ3) is 3.97. The summed E-state index contributed by atoms with van der Waals surface area (Å²) in [7, 11) is 1.41. The highest BCUT2D eigenvalue weighted by molar-refractivity contribution is 7.09. The third-order valence-corrected chi connectivity index (χ3v) is 2.90. The van der Waals surface area contributed by atoms with Crippen LogP contribution in [0.15, 0.2) is 5.38 Å². The SMILES string of the molecule is CCN(CC(=O)OC)Cc1csc(C)n1. The Morgan fingerprint density at radius 3 is 2.87 bits per heavy atom. The molecule has 0 saturated heterocycles. The molecular weight excluding hydrogens is 212 g/mol. The van der Waals surface area contributed by atoms with E-state index in [4.69, 9.17) is 0 Å². The van der Waals surface area contributed by atoms with Gasteiger partial charge in [-0.25, -0.2) is 4.98 Å². The molecule has 1 rings (SSSR count). The highest BCUT2D eigenvalue weighted by Gasteiger charge is 2.10. The minimum absolute atomic E-state index is 0.205. The van der Waals surface area contributed by atoms with Gasteiger partial charge in [-0.1, -0.05) is 6.92 Å². The number of thiazole rings is 1. The van der Waals surface area contributed by atoms with Crippen LogP contribution in [0.5, 0.6) is 0 Å². The van der Waals surface area contributed by atoms with E-state index in [9.17, 15) is 4.79 Å². The quantitative estimate of drug-likeness (QED) is 0.715. The molecule has 0 aliphatic rings. The number of aryl methyl sites for hydroxylation is 1. The maximum absolute atomic E-state index is 11.1. The summed E-state index contributed by atoms with van der Waals surface area (Å²) in [6, 6.07) is 0. The summed E-state index contributed by atoms with van der Waals surface area (Å²) in [5.41, 5.74) is 1.02. The van der Waals surface area contributed by atoms with E-state index in [2.05, 4.69) is 9.72 Å². The van der Waals surface area contributed by atoms with Gasteiger partial charge in [0.1, 0.15) is 0 Å². The van der Waals surface area contributed by atoms with E-state index in [1.54, 1.807) is 11.3 Å². The van der Waals surface area contributed by atoms with Crippen molar-refractivity contribution >= 4 is 17.3 Å². The first-order valence-corrected chi connectivity index (χ1v) is 5.73. The maximum atomic E-state index is 11.1. The van der Waals surface area contributed by atoms with E-state index in [1.165, 1.54) is 7.11 Å². The van der Waals surface area contributed by atoms with Crippen LogP contribution in [0.4, 0.5) is 0 Å². The van der Waals surface area contributed by atoms with Gasteiger partial charge in [-0.05, 0) is 13.5 Å². The molecule has 0 unspecified atom stereocenters. The van der Waals surface area contributed by atoms with Crippen molar-refractivity contribution in [2.75, 3.05) is 20.2 Å². The number of ether oxygens (including phenoxy) is 1. The van der Waals surface area contributed by atoms with Gasteiger partial charge in [-0.15, -0.1) is 11.3 Å². The fourth-order valence-electron chi connectivity index (χ4n) is 1.24. The van der Waals surface area contributed by atoms with Gasteiger partial charge < -0.3 is 4.74 Å². The summed E-state index contributed by atoms with van der Waals surface area (Å²) in [5.74, 6) is -0.205. The summed E-state index contributed by atoms with van der Waals surface area (Å²) >= 11 is 1.63. The Morgan fingerprint density at radius 1 is 1.67 bits per heavy atom. The van der Waals surface area contributed by atoms with Crippen LogP contribution in [0.25, 0.3) is 0 Å². The molecule has 4 nitrogen and oxygen atoms in total. The van der Waals surface area contributed by atoms with Crippen LogP contribution in [-0.2, 0) is 16.1 Å².